The van der Waals surface area contributed by atoms with Crippen molar-refractivity contribution in [2.45, 2.75) is 37.4 Å². The van der Waals surface area contributed by atoms with Gasteiger partial charge in [0.05, 0.1) is 6.61 Å². The largest absolute Gasteiger partial charge is 0.493 e. The molecule has 1 aromatic carbocycles. The highest BCUT2D eigenvalue weighted by Crippen LogP contribution is 2.37. The third kappa shape index (κ3) is 2.73. The van der Waals surface area contributed by atoms with E-state index in [-0.39, 0.29) is 18.1 Å². The van der Waals surface area contributed by atoms with Gasteiger partial charge in [-0.25, -0.2) is 8.42 Å². The topological polar surface area (TPSA) is 60.4 Å². The summed E-state index contributed by atoms with van der Waals surface area (Å²) in [6, 6.07) is 7.63. The van der Waals surface area contributed by atoms with E-state index in [4.69, 9.17) is 4.74 Å². The van der Waals surface area contributed by atoms with Gasteiger partial charge in [0, 0.05) is 12.7 Å². The average molecular weight is 296 g/mol. The summed E-state index contributed by atoms with van der Waals surface area (Å²) in [5.41, 5.74) is 0.997. The van der Waals surface area contributed by atoms with Gasteiger partial charge in [0.1, 0.15) is 10.5 Å². The van der Waals surface area contributed by atoms with Gasteiger partial charge in [0.15, 0.2) is 15.6 Å². The Morgan fingerprint density at radius 3 is 2.65 bits per heavy atom. The van der Waals surface area contributed by atoms with Crippen LogP contribution in [0.15, 0.2) is 24.3 Å². The molecule has 0 saturated heterocycles. The van der Waals surface area contributed by atoms with Gasteiger partial charge in [-0.1, -0.05) is 18.2 Å². The van der Waals surface area contributed by atoms with E-state index in [1.807, 2.05) is 24.3 Å². The van der Waals surface area contributed by atoms with Crippen molar-refractivity contribution in [3.8, 4) is 5.75 Å². The third-order valence-electron chi connectivity index (χ3n) is 4.11. The highest BCUT2D eigenvalue weighted by Gasteiger charge is 2.39. The molecule has 2 rings (SSSR count). The summed E-state index contributed by atoms with van der Waals surface area (Å²) in [6.45, 7) is 3.53. The minimum Gasteiger partial charge on any atom is -0.493 e. The van der Waals surface area contributed by atoms with E-state index in [0.717, 1.165) is 24.0 Å². The summed E-state index contributed by atoms with van der Waals surface area (Å²) in [7, 11) is -3.41. The Kier molecular flexibility index (Phi) is 3.91. The molecule has 1 atom stereocenters. The molecule has 0 bridgehead atoms. The third-order valence-corrected chi connectivity index (χ3v) is 6.19. The van der Waals surface area contributed by atoms with Crippen LogP contribution in [0.4, 0.5) is 0 Å². The van der Waals surface area contributed by atoms with E-state index in [9.17, 15) is 13.2 Å². The van der Waals surface area contributed by atoms with E-state index < -0.39 is 14.6 Å². The minimum absolute atomic E-state index is 0.0356. The van der Waals surface area contributed by atoms with Crippen molar-refractivity contribution < 1.29 is 17.9 Å². The van der Waals surface area contributed by atoms with Crippen LogP contribution in [-0.4, -0.2) is 31.8 Å². The fourth-order valence-electron chi connectivity index (χ4n) is 2.30. The number of ether oxygens (including phenoxy) is 1. The van der Waals surface area contributed by atoms with Crippen molar-refractivity contribution >= 4 is 15.6 Å². The number of Topliss-reactive ketones (excluding diaryl/α,β-unsaturated/α-hetero) is 1. The van der Waals surface area contributed by atoms with Gasteiger partial charge in [-0.05, 0) is 37.8 Å². The number of ketones is 1. The lowest BCUT2D eigenvalue weighted by Gasteiger charge is -2.28. The second-order valence-corrected chi connectivity index (χ2v) is 8.35. The van der Waals surface area contributed by atoms with Crippen molar-refractivity contribution in [3.05, 3.63) is 29.8 Å². The molecule has 0 N–H and O–H groups in total. The molecule has 0 amide bonds. The van der Waals surface area contributed by atoms with E-state index in [1.54, 1.807) is 0 Å². The van der Waals surface area contributed by atoms with Gasteiger partial charge in [-0.15, -0.1) is 0 Å². The van der Waals surface area contributed by atoms with Crippen LogP contribution in [-0.2, 0) is 14.6 Å². The smallest absolute Gasteiger partial charge is 0.159 e. The lowest BCUT2D eigenvalue weighted by Crippen LogP contribution is -2.40. The van der Waals surface area contributed by atoms with Crippen LogP contribution in [0, 0.1) is 0 Å². The Morgan fingerprint density at radius 2 is 2.00 bits per heavy atom. The lowest BCUT2D eigenvalue weighted by molar-refractivity contribution is -0.121. The van der Waals surface area contributed by atoms with Crippen molar-refractivity contribution in [2.75, 3.05) is 12.9 Å². The lowest BCUT2D eigenvalue weighted by atomic mass is 9.86. The molecule has 0 spiro atoms. The first-order valence-electron chi connectivity index (χ1n) is 6.68. The van der Waals surface area contributed by atoms with Crippen molar-refractivity contribution in [1.82, 2.24) is 0 Å². The number of carbonyl (C=O) groups is 1. The molecule has 0 radical (unpaired) electrons. The maximum atomic E-state index is 12.4. The van der Waals surface area contributed by atoms with Gasteiger partial charge in [0.2, 0.25) is 0 Å². The number of para-hydroxylation sites is 1. The summed E-state index contributed by atoms with van der Waals surface area (Å²) in [6.07, 6.45) is 2.09. The molecular formula is C15H20O4S. The average Bonchev–Trinajstić information content (AvgIpc) is 2.37. The fourth-order valence-corrected chi connectivity index (χ4v) is 2.80. The Hall–Kier alpha value is -1.36. The number of benzene rings is 1. The minimum atomic E-state index is -3.41. The molecule has 1 unspecified atom stereocenters. The number of rotatable bonds is 4. The first-order chi connectivity index (χ1) is 9.23. The fraction of sp³-hybridized carbons (Fsp3) is 0.533. The SMILES string of the molecule is CC(C)(C(=O)CC1CCOc2ccccc21)S(C)(=O)=O. The Balaban J connectivity index is 2.22. The zero-order valence-corrected chi connectivity index (χ0v) is 12.9. The van der Waals surface area contributed by atoms with Gasteiger partial charge in [-0.2, -0.15) is 0 Å². The summed E-state index contributed by atoms with van der Waals surface area (Å²) in [4.78, 5) is 12.4. The van der Waals surface area contributed by atoms with E-state index in [1.165, 1.54) is 13.8 Å². The monoisotopic (exact) mass is 296 g/mol. The first kappa shape index (κ1) is 15.0. The highest BCUT2D eigenvalue weighted by molar-refractivity contribution is 7.92. The molecule has 1 aliphatic rings. The van der Waals surface area contributed by atoms with Gasteiger partial charge in [0.25, 0.3) is 0 Å². The second kappa shape index (κ2) is 5.20. The van der Waals surface area contributed by atoms with Crippen LogP contribution < -0.4 is 4.74 Å². The van der Waals surface area contributed by atoms with Crippen LogP contribution in [0.1, 0.15) is 38.2 Å². The molecule has 5 heteroatoms. The Bertz CT molecular complexity index is 617. The Morgan fingerprint density at radius 1 is 1.35 bits per heavy atom. The Labute approximate surface area is 120 Å². The number of hydrogen-bond donors (Lipinski definition) is 0. The number of fused-ring (bicyclic) bond motifs is 1. The number of carbonyl (C=O) groups excluding carboxylic acids is 1. The predicted molar refractivity (Wildman–Crippen MR) is 77.8 cm³/mol. The highest BCUT2D eigenvalue weighted by atomic mass is 32.2. The molecule has 1 heterocycles. The van der Waals surface area contributed by atoms with Gasteiger partial charge >= 0.3 is 0 Å². The molecular weight excluding hydrogens is 276 g/mol. The molecule has 20 heavy (non-hydrogen) atoms. The molecule has 4 nitrogen and oxygen atoms in total. The zero-order valence-electron chi connectivity index (χ0n) is 12.0. The summed E-state index contributed by atoms with van der Waals surface area (Å²) in [5.74, 6) is 0.601. The molecule has 1 aliphatic heterocycles. The molecule has 0 saturated carbocycles. The molecule has 1 aromatic rings. The summed E-state index contributed by atoms with van der Waals surface area (Å²) in [5, 5.41) is 0. The van der Waals surface area contributed by atoms with Crippen LogP contribution in [0.3, 0.4) is 0 Å². The molecule has 0 aromatic heterocycles. The van der Waals surface area contributed by atoms with Crippen LogP contribution in [0.2, 0.25) is 0 Å². The van der Waals surface area contributed by atoms with Crippen molar-refractivity contribution in [3.63, 3.8) is 0 Å². The van der Waals surface area contributed by atoms with Crippen LogP contribution in [0.25, 0.3) is 0 Å². The maximum absolute atomic E-state index is 12.4. The normalized spacial score (nSPS) is 19.1. The van der Waals surface area contributed by atoms with Gasteiger partial charge in [-0.3, -0.25) is 4.79 Å². The van der Waals surface area contributed by atoms with Crippen molar-refractivity contribution in [2.24, 2.45) is 0 Å². The van der Waals surface area contributed by atoms with E-state index >= 15 is 0 Å². The molecule has 0 aliphatic carbocycles. The van der Waals surface area contributed by atoms with Crippen LogP contribution in [0.5, 0.6) is 5.75 Å². The second-order valence-electron chi connectivity index (χ2n) is 5.78. The molecule has 0 fully saturated rings. The van der Waals surface area contributed by atoms with Crippen LogP contribution >= 0.6 is 0 Å². The van der Waals surface area contributed by atoms with Crippen molar-refractivity contribution in [1.29, 1.82) is 0 Å². The summed E-state index contributed by atoms with van der Waals surface area (Å²) < 4.78 is 27.7. The predicted octanol–water partition coefficient (Wildman–Crippen LogP) is 2.34. The standard InChI is InChI=1S/C15H20O4S/c1-15(2,20(3,17)18)14(16)10-11-8-9-19-13-7-5-4-6-12(11)13/h4-7,11H,8-10H2,1-3H3. The first-order valence-corrected chi connectivity index (χ1v) is 8.57. The quantitative estimate of drug-likeness (QED) is 0.855. The number of hydrogen-bond acceptors (Lipinski definition) is 4. The summed E-state index contributed by atoms with van der Waals surface area (Å²) >= 11 is 0. The van der Waals surface area contributed by atoms with E-state index in [2.05, 4.69) is 0 Å². The van der Waals surface area contributed by atoms with Gasteiger partial charge < -0.3 is 4.74 Å². The van der Waals surface area contributed by atoms with E-state index in [0.29, 0.717) is 6.61 Å². The molecule has 110 valence electrons. The number of sulfone groups is 1. The zero-order chi connectivity index (χ0) is 15.0. The maximum Gasteiger partial charge on any atom is 0.159 e.